The minimum Gasteiger partial charge on any atom is -0.369 e. The van der Waals surface area contributed by atoms with Gasteiger partial charge in [0.15, 0.2) is 0 Å². The van der Waals surface area contributed by atoms with E-state index in [0.29, 0.717) is 25.9 Å². The van der Waals surface area contributed by atoms with Crippen molar-refractivity contribution in [3.8, 4) is 0 Å². The molecule has 0 bridgehead atoms. The van der Waals surface area contributed by atoms with E-state index < -0.39 is 0 Å². The van der Waals surface area contributed by atoms with Crippen molar-refractivity contribution in [2.75, 3.05) is 64.3 Å². The first-order chi connectivity index (χ1) is 16.3. The van der Waals surface area contributed by atoms with E-state index in [1.54, 1.807) is 11.9 Å². The minimum absolute atomic E-state index is 0.0422. The summed E-state index contributed by atoms with van der Waals surface area (Å²) in [7, 11) is 1.64. The molecule has 3 aliphatic heterocycles. The normalized spacial score (nSPS) is 22.7. The van der Waals surface area contributed by atoms with Crippen LogP contribution in [0.2, 0.25) is 5.02 Å². The number of carbonyl (C=O) groups is 3. The second-order valence-electron chi connectivity index (χ2n) is 10.0. The highest BCUT2D eigenvalue weighted by Crippen LogP contribution is 2.41. The summed E-state index contributed by atoms with van der Waals surface area (Å²) in [6.45, 7) is 7.66. The first kappa shape index (κ1) is 24.8. The van der Waals surface area contributed by atoms with Gasteiger partial charge in [0.1, 0.15) is 0 Å². The maximum atomic E-state index is 12.9. The standard InChI is InChI=1S/C25H36ClN5O3/c1-19(32)28(2)18-23(33)31-10-7-25(8-11-31)17-21(27-24(25)34)6-9-29-12-14-30(15-13-29)22-5-3-4-20(26)16-22/h3-5,16,21H,6-15,17-18H2,1-2H3,(H,27,34)/t21-/m0/s1. The average Bonchev–Trinajstić information content (AvgIpc) is 3.12. The van der Waals surface area contributed by atoms with E-state index in [0.717, 1.165) is 50.6 Å². The number of piperazine rings is 1. The van der Waals surface area contributed by atoms with Crippen LogP contribution < -0.4 is 10.2 Å². The van der Waals surface area contributed by atoms with Crippen molar-refractivity contribution in [3.63, 3.8) is 0 Å². The molecule has 8 nitrogen and oxygen atoms in total. The maximum Gasteiger partial charge on any atom is 0.242 e. The molecule has 186 valence electrons. The SMILES string of the molecule is CC(=O)N(C)CC(=O)N1CCC2(CC1)C[C@H](CCN1CCN(c3cccc(Cl)c3)CC1)NC2=O. The molecule has 0 unspecified atom stereocenters. The van der Waals surface area contributed by atoms with Gasteiger partial charge in [0.05, 0.1) is 12.0 Å². The average molecular weight is 490 g/mol. The van der Waals surface area contributed by atoms with Crippen molar-refractivity contribution in [3.05, 3.63) is 29.3 Å². The lowest BCUT2D eigenvalue weighted by molar-refractivity contribution is -0.141. The van der Waals surface area contributed by atoms with Crippen LogP contribution in [0.25, 0.3) is 0 Å². The molecule has 1 N–H and O–H groups in total. The molecular weight excluding hydrogens is 454 g/mol. The van der Waals surface area contributed by atoms with Crippen LogP contribution in [0.5, 0.6) is 0 Å². The Balaban J connectivity index is 1.20. The molecule has 1 spiro atoms. The fraction of sp³-hybridized carbons (Fsp3) is 0.640. The van der Waals surface area contributed by atoms with Crippen molar-refractivity contribution in [1.29, 1.82) is 0 Å². The fourth-order valence-corrected chi connectivity index (χ4v) is 5.58. The van der Waals surface area contributed by atoms with Crippen LogP contribution in [0.4, 0.5) is 5.69 Å². The van der Waals surface area contributed by atoms with E-state index in [1.807, 2.05) is 18.2 Å². The molecule has 3 saturated heterocycles. The second kappa shape index (κ2) is 10.5. The van der Waals surface area contributed by atoms with Gasteiger partial charge in [0.2, 0.25) is 17.7 Å². The zero-order chi connectivity index (χ0) is 24.3. The molecule has 1 atom stereocenters. The van der Waals surface area contributed by atoms with Crippen LogP contribution in [-0.4, -0.2) is 97.9 Å². The molecule has 0 saturated carbocycles. The van der Waals surface area contributed by atoms with Gasteiger partial charge in [-0.1, -0.05) is 17.7 Å². The molecule has 3 amide bonds. The van der Waals surface area contributed by atoms with Gasteiger partial charge in [0, 0.05) is 76.5 Å². The Labute approximate surface area is 207 Å². The number of nitrogens with zero attached hydrogens (tertiary/aromatic N) is 4. The van der Waals surface area contributed by atoms with Crippen LogP contribution >= 0.6 is 11.6 Å². The van der Waals surface area contributed by atoms with Crippen LogP contribution in [0.15, 0.2) is 24.3 Å². The smallest absolute Gasteiger partial charge is 0.242 e. The molecule has 1 aromatic carbocycles. The summed E-state index contributed by atoms with van der Waals surface area (Å²) in [6, 6.07) is 8.22. The monoisotopic (exact) mass is 489 g/mol. The molecule has 0 aliphatic carbocycles. The van der Waals surface area contributed by atoms with Gasteiger partial charge in [-0.05, 0) is 43.9 Å². The zero-order valence-electron chi connectivity index (χ0n) is 20.3. The van der Waals surface area contributed by atoms with E-state index in [1.165, 1.54) is 17.5 Å². The van der Waals surface area contributed by atoms with Crippen molar-refractivity contribution < 1.29 is 14.4 Å². The number of likely N-dealkylation sites (tertiary alicyclic amines) is 1. The Hall–Kier alpha value is -2.32. The number of benzene rings is 1. The first-order valence-electron chi connectivity index (χ1n) is 12.3. The Morgan fingerprint density at radius 3 is 2.50 bits per heavy atom. The summed E-state index contributed by atoms with van der Waals surface area (Å²) in [6.07, 6.45) is 3.20. The predicted molar refractivity (Wildman–Crippen MR) is 133 cm³/mol. The molecule has 1 aromatic rings. The highest BCUT2D eigenvalue weighted by molar-refractivity contribution is 6.30. The maximum absolute atomic E-state index is 12.9. The summed E-state index contributed by atoms with van der Waals surface area (Å²) in [5.74, 6) is -0.0126. The van der Waals surface area contributed by atoms with Gasteiger partial charge in [-0.25, -0.2) is 0 Å². The summed E-state index contributed by atoms with van der Waals surface area (Å²) in [5, 5.41) is 4.01. The Morgan fingerprint density at radius 1 is 1.15 bits per heavy atom. The van der Waals surface area contributed by atoms with Gasteiger partial charge in [-0.3, -0.25) is 19.3 Å². The van der Waals surface area contributed by atoms with Gasteiger partial charge in [-0.2, -0.15) is 0 Å². The number of likely N-dealkylation sites (N-methyl/N-ethyl adjacent to an activating group) is 1. The molecular formula is C25H36ClN5O3. The molecule has 3 aliphatic rings. The van der Waals surface area contributed by atoms with E-state index in [-0.39, 0.29) is 35.7 Å². The summed E-state index contributed by atoms with van der Waals surface area (Å²) in [4.78, 5) is 44.9. The number of nitrogens with one attached hydrogen (secondary N) is 1. The number of halogens is 1. The third kappa shape index (κ3) is 5.66. The van der Waals surface area contributed by atoms with Crippen molar-refractivity contribution in [2.45, 2.75) is 38.6 Å². The van der Waals surface area contributed by atoms with Crippen LogP contribution in [0, 0.1) is 5.41 Å². The fourth-order valence-electron chi connectivity index (χ4n) is 5.40. The summed E-state index contributed by atoms with van der Waals surface area (Å²) >= 11 is 6.14. The number of anilines is 1. The van der Waals surface area contributed by atoms with Crippen molar-refractivity contribution >= 4 is 35.0 Å². The Morgan fingerprint density at radius 2 is 1.85 bits per heavy atom. The molecule has 0 radical (unpaired) electrons. The van der Waals surface area contributed by atoms with Crippen LogP contribution in [0.1, 0.15) is 32.6 Å². The van der Waals surface area contributed by atoms with Crippen molar-refractivity contribution in [2.24, 2.45) is 5.41 Å². The van der Waals surface area contributed by atoms with Gasteiger partial charge >= 0.3 is 0 Å². The predicted octanol–water partition coefficient (Wildman–Crippen LogP) is 1.83. The zero-order valence-corrected chi connectivity index (χ0v) is 21.0. The third-order valence-corrected chi connectivity index (χ3v) is 8.01. The quantitative estimate of drug-likeness (QED) is 0.659. The number of piperidine rings is 1. The summed E-state index contributed by atoms with van der Waals surface area (Å²) in [5.41, 5.74) is 0.828. The topological polar surface area (TPSA) is 76.2 Å². The third-order valence-electron chi connectivity index (χ3n) is 7.78. The Kier molecular flexibility index (Phi) is 7.67. The van der Waals surface area contributed by atoms with Crippen molar-refractivity contribution in [1.82, 2.24) is 20.0 Å². The molecule has 9 heteroatoms. The molecule has 34 heavy (non-hydrogen) atoms. The van der Waals surface area contributed by atoms with E-state index in [4.69, 9.17) is 11.6 Å². The van der Waals surface area contributed by atoms with E-state index >= 15 is 0 Å². The molecule has 0 aromatic heterocycles. The van der Waals surface area contributed by atoms with E-state index in [9.17, 15) is 14.4 Å². The lowest BCUT2D eigenvalue weighted by Crippen LogP contribution is -2.48. The number of amides is 3. The number of hydrogen-bond donors (Lipinski definition) is 1. The lowest BCUT2D eigenvalue weighted by atomic mass is 9.75. The molecule has 3 fully saturated rings. The van der Waals surface area contributed by atoms with Gasteiger partial charge in [0.25, 0.3) is 0 Å². The number of carbonyl (C=O) groups excluding carboxylic acids is 3. The summed E-state index contributed by atoms with van der Waals surface area (Å²) < 4.78 is 0. The number of rotatable bonds is 6. The molecule has 3 heterocycles. The van der Waals surface area contributed by atoms with Crippen LogP contribution in [0.3, 0.4) is 0 Å². The first-order valence-corrected chi connectivity index (χ1v) is 12.7. The van der Waals surface area contributed by atoms with Crippen LogP contribution in [-0.2, 0) is 14.4 Å². The number of hydrogen-bond acceptors (Lipinski definition) is 5. The lowest BCUT2D eigenvalue weighted by Gasteiger charge is -2.38. The van der Waals surface area contributed by atoms with Gasteiger partial charge < -0.3 is 20.0 Å². The second-order valence-corrected chi connectivity index (χ2v) is 10.4. The highest BCUT2D eigenvalue weighted by Gasteiger charge is 2.48. The highest BCUT2D eigenvalue weighted by atomic mass is 35.5. The van der Waals surface area contributed by atoms with E-state index in [2.05, 4.69) is 21.2 Å². The largest absolute Gasteiger partial charge is 0.369 e. The Bertz CT molecular complexity index is 910. The van der Waals surface area contributed by atoms with Gasteiger partial charge in [-0.15, -0.1) is 0 Å². The molecule has 4 rings (SSSR count). The minimum atomic E-state index is -0.348.